The molecule has 0 spiro atoms. The van der Waals surface area contributed by atoms with Crippen LogP contribution in [0, 0.1) is 21.4 Å². The molecule has 0 radical (unpaired) electrons. The predicted molar refractivity (Wildman–Crippen MR) is 123 cm³/mol. The number of hydrogen-bond acceptors (Lipinski definition) is 6. The number of nitro groups is 1. The van der Waals surface area contributed by atoms with Crippen LogP contribution in [0.1, 0.15) is 57.2 Å². The maximum absolute atomic E-state index is 11.6. The lowest BCUT2D eigenvalue weighted by molar-refractivity contribution is -0.386. The zero-order valence-electron chi connectivity index (χ0n) is 19.2. The minimum atomic E-state index is -0.690. The second kappa shape index (κ2) is 8.28. The maximum atomic E-state index is 11.6. The van der Waals surface area contributed by atoms with E-state index in [1.807, 2.05) is 52.0 Å². The molecular weight excluding hydrogens is 444 g/mol. The number of rotatable bonds is 5. The zero-order valence-corrected chi connectivity index (χ0v) is 19.9. The first-order valence-corrected chi connectivity index (χ1v) is 11.3. The lowest BCUT2D eigenvalue weighted by Crippen LogP contribution is -2.48. The minimum Gasteiger partial charge on any atom is -0.486 e. The van der Waals surface area contributed by atoms with Crippen molar-refractivity contribution >= 4 is 17.3 Å². The summed E-state index contributed by atoms with van der Waals surface area (Å²) in [4.78, 5) is 11.1. The SMILES string of the molecule is CC1(C)OC([C@]2(COc3ccc(C#N)cc3[N+](=O)[O-])CCCc3cc(Cl)ccc32)OC1(C)C. The molecule has 33 heavy (non-hydrogen) atoms. The molecule has 1 aliphatic heterocycles. The Morgan fingerprint density at radius 2 is 1.88 bits per heavy atom. The lowest BCUT2D eigenvalue weighted by Gasteiger charge is -2.42. The number of aryl methyl sites for hydroxylation is 1. The van der Waals surface area contributed by atoms with Gasteiger partial charge in [0.05, 0.1) is 33.2 Å². The van der Waals surface area contributed by atoms with Crippen LogP contribution in [-0.2, 0) is 21.3 Å². The summed E-state index contributed by atoms with van der Waals surface area (Å²) in [6.45, 7) is 8.11. The van der Waals surface area contributed by atoms with Crippen LogP contribution in [-0.4, -0.2) is 29.0 Å². The van der Waals surface area contributed by atoms with Gasteiger partial charge in [0, 0.05) is 11.1 Å². The van der Waals surface area contributed by atoms with Gasteiger partial charge in [0.1, 0.15) is 6.61 Å². The fraction of sp³-hybridized carbons (Fsp3) is 0.480. The van der Waals surface area contributed by atoms with Crippen LogP contribution in [0.4, 0.5) is 5.69 Å². The fourth-order valence-electron chi connectivity index (χ4n) is 4.57. The van der Waals surface area contributed by atoms with Gasteiger partial charge in [-0.05, 0) is 82.3 Å². The summed E-state index contributed by atoms with van der Waals surface area (Å²) in [7, 11) is 0. The van der Waals surface area contributed by atoms with Crippen molar-refractivity contribution < 1.29 is 19.1 Å². The van der Waals surface area contributed by atoms with Crippen LogP contribution in [0.2, 0.25) is 5.02 Å². The first-order valence-electron chi connectivity index (χ1n) is 10.9. The third kappa shape index (κ3) is 4.08. The van der Waals surface area contributed by atoms with Crippen LogP contribution in [0.5, 0.6) is 5.75 Å². The molecule has 2 aliphatic rings. The highest BCUT2D eigenvalue weighted by Gasteiger charge is 2.58. The Balaban J connectivity index is 1.77. The second-order valence-electron chi connectivity index (χ2n) is 9.74. The van der Waals surface area contributed by atoms with Crippen molar-refractivity contribution in [1.82, 2.24) is 0 Å². The number of hydrogen-bond donors (Lipinski definition) is 0. The van der Waals surface area contributed by atoms with Gasteiger partial charge >= 0.3 is 5.69 Å². The monoisotopic (exact) mass is 470 g/mol. The molecule has 0 aromatic heterocycles. The molecule has 1 saturated heterocycles. The Morgan fingerprint density at radius 3 is 2.52 bits per heavy atom. The molecule has 174 valence electrons. The predicted octanol–water partition coefficient (Wildman–Crippen LogP) is 5.70. The van der Waals surface area contributed by atoms with Crippen LogP contribution in [0.15, 0.2) is 36.4 Å². The molecule has 4 rings (SSSR count). The summed E-state index contributed by atoms with van der Waals surface area (Å²) in [5.41, 5.74) is 0.293. The van der Waals surface area contributed by atoms with E-state index in [4.69, 9.17) is 31.1 Å². The van der Waals surface area contributed by atoms with E-state index in [2.05, 4.69) is 0 Å². The third-order valence-corrected chi connectivity index (χ3v) is 7.38. The summed E-state index contributed by atoms with van der Waals surface area (Å²) in [5.74, 6) is 0.107. The Morgan fingerprint density at radius 1 is 1.18 bits per heavy atom. The number of benzene rings is 2. The third-order valence-electron chi connectivity index (χ3n) is 7.15. The average molecular weight is 471 g/mol. The Hall–Kier alpha value is -2.66. The topological polar surface area (TPSA) is 94.6 Å². The highest BCUT2D eigenvalue weighted by atomic mass is 35.5. The first kappa shape index (κ1) is 23.5. The van der Waals surface area contributed by atoms with E-state index in [0.717, 1.165) is 30.4 Å². The van der Waals surface area contributed by atoms with Crippen LogP contribution in [0.3, 0.4) is 0 Å². The standard InChI is InChI=1S/C25H27ClN2O5/c1-23(2)24(3,4)33-22(32-23)25(11-5-6-17-13-18(26)8-9-19(17)25)15-31-21-10-7-16(14-27)12-20(21)28(29)30/h7-10,12-13,22H,5-6,11,15H2,1-4H3/t25-/m0/s1. The number of nitrogens with zero attached hydrogens (tertiary/aromatic N) is 2. The van der Waals surface area contributed by atoms with Gasteiger partial charge in [0.2, 0.25) is 0 Å². The van der Waals surface area contributed by atoms with E-state index < -0.39 is 27.8 Å². The summed E-state index contributed by atoms with van der Waals surface area (Å²) in [6, 6.07) is 11.9. The smallest absolute Gasteiger partial charge is 0.312 e. The molecule has 1 fully saturated rings. The van der Waals surface area contributed by atoms with E-state index >= 15 is 0 Å². The molecule has 0 N–H and O–H groups in total. The van der Waals surface area contributed by atoms with Crippen molar-refractivity contribution in [3.8, 4) is 11.8 Å². The van der Waals surface area contributed by atoms with E-state index in [1.54, 1.807) is 0 Å². The van der Waals surface area contributed by atoms with Crippen molar-refractivity contribution in [2.75, 3.05) is 6.61 Å². The number of nitriles is 1. The number of halogens is 1. The Kier molecular flexibility index (Phi) is 5.90. The van der Waals surface area contributed by atoms with Gasteiger partial charge in [0.25, 0.3) is 0 Å². The number of nitro benzene ring substituents is 1. The van der Waals surface area contributed by atoms with Crippen molar-refractivity contribution in [1.29, 1.82) is 5.26 Å². The van der Waals surface area contributed by atoms with Gasteiger partial charge in [-0.15, -0.1) is 0 Å². The summed E-state index contributed by atoms with van der Waals surface area (Å²) < 4.78 is 19.1. The molecular formula is C25H27ClN2O5. The minimum absolute atomic E-state index is 0.107. The molecule has 0 amide bonds. The van der Waals surface area contributed by atoms with Gasteiger partial charge in [0.15, 0.2) is 12.0 Å². The van der Waals surface area contributed by atoms with Crippen LogP contribution >= 0.6 is 11.6 Å². The van der Waals surface area contributed by atoms with Gasteiger partial charge in [-0.25, -0.2) is 0 Å². The number of ether oxygens (including phenoxy) is 3. The molecule has 0 bridgehead atoms. The Bertz CT molecular complexity index is 1120. The van der Waals surface area contributed by atoms with Crippen LogP contribution < -0.4 is 4.74 Å². The molecule has 1 atom stereocenters. The van der Waals surface area contributed by atoms with E-state index in [1.165, 1.54) is 18.2 Å². The zero-order chi connectivity index (χ0) is 24.0. The van der Waals surface area contributed by atoms with E-state index in [9.17, 15) is 10.1 Å². The van der Waals surface area contributed by atoms with Gasteiger partial charge in [-0.2, -0.15) is 5.26 Å². The van der Waals surface area contributed by atoms with E-state index in [0.29, 0.717) is 5.02 Å². The maximum Gasteiger partial charge on any atom is 0.312 e. The van der Waals surface area contributed by atoms with E-state index in [-0.39, 0.29) is 23.6 Å². The Labute approximate surface area is 198 Å². The molecule has 2 aromatic carbocycles. The van der Waals surface area contributed by atoms with Crippen molar-refractivity contribution in [2.45, 2.75) is 69.9 Å². The molecule has 7 nitrogen and oxygen atoms in total. The van der Waals surface area contributed by atoms with Crippen molar-refractivity contribution in [2.24, 2.45) is 0 Å². The first-order chi connectivity index (χ1) is 15.5. The van der Waals surface area contributed by atoms with Crippen molar-refractivity contribution in [3.63, 3.8) is 0 Å². The second-order valence-corrected chi connectivity index (χ2v) is 10.2. The quantitative estimate of drug-likeness (QED) is 0.410. The summed E-state index contributed by atoms with van der Waals surface area (Å²) >= 11 is 6.28. The number of fused-ring (bicyclic) bond motifs is 1. The molecule has 1 aliphatic carbocycles. The average Bonchev–Trinajstić information content (AvgIpc) is 2.98. The normalized spacial score (nSPS) is 23.5. The van der Waals surface area contributed by atoms with Crippen molar-refractivity contribution in [3.05, 3.63) is 68.2 Å². The molecule has 2 aromatic rings. The molecule has 1 heterocycles. The van der Waals surface area contributed by atoms with Gasteiger partial charge in [-0.3, -0.25) is 10.1 Å². The fourth-order valence-corrected chi connectivity index (χ4v) is 4.77. The molecule has 0 unspecified atom stereocenters. The molecule has 8 heteroatoms. The van der Waals surface area contributed by atoms with Gasteiger partial charge < -0.3 is 14.2 Å². The summed E-state index contributed by atoms with van der Waals surface area (Å²) in [6.07, 6.45) is 1.85. The largest absolute Gasteiger partial charge is 0.486 e. The summed E-state index contributed by atoms with van der Waals surface area (Å²) in [5, 5.41) is 21.4. The highest BCUT2D eigenvalue weighted by molar-refractivity contribution is 6.30. The molecule has 0 saturated carbocycles. The highest BCUT2D eigenvalue weighted by Crippen LogP contribution is 2.50. The van der Waals surface area contributed by atoms with Crippen LogP contribution in [0.25, 0.3) is 0 Å². The van der Waals surface area contributed by atoms with Gasteiger partial charge in [-0.1, -0.05) is 17.7 Å². The lowest BCUT2D eigenvalue weighted by atomic mass is 9.69.